The zero-order chi connectivity index (χ0) is 13.6. The van der Waals surface area contributed by atoms with Crippen LogP contribution in [-0.4, -0.2) is 26.1 Å². The van der Waals surface area contributed by atoms with E-state index in [4.69, 9.17) is 10.6 Å². The Kier molecular flexibility index (Phi) is 5.39. The molecule has 1 aromatic rings. The first kappa shape index (κ1) is 14.7. The molecular formula is C11H15F3N2O2. The fraction of sp³-hybridized carbons (Fsp3) is 0.455. The average molecular weight is 264 g/mol. The summed E-state index contributed by atoms with van der Waals surface area (Å²) in [6, 6.07) is 5.55. The second-order valence-corrected chi connectivity index (χ2v) is 3.71. The van der Waals surface area contributed by atoms with E-state index in [-0.39, 0.29) is 11.8 Å². The first-order valence-electron chi connectivity index (χ1n) is 5.24. The standard InChI is InChI=1S/C11H15F3N2O2/c1-17-7-9(16-15)6-8-2-4-10(5-3-8)18-11(12,13)14/h2-5,9,16H,6-7,15H2,1H3. The molecule has 1 atom stereocenters. The zero-order valence-corrected chi connectivity index (χ0v) is 9.83. The van der Waals surface area contributed by atoms with Crippen molar-refractivity contribution in [3.63, 3.8) is 0 Å². The fourth-order valence-electron chi connectivity index (χ4n) is 1.48. The number of benzene rings is 1. The van der Waals surface area contributed by atoms with E-state index in [1.54, 1.807) is 19.2 Å². The van der Waals surface area contributed by atoms with Crippen molar-refractivity contribution < 1.29 is 22.6 Å². The number of alkyl halides is 3. The molecule has 0 fully saturated rings. The maximum absolute atomic E-state index is 11.9. The van der Waals surface area contributed by atoms with Crippen molar-refractivity contribution in [1.29, 1.82) is 0 Å². The van der Waals surface area contributed by atoms with E-state index in [0.29, 0.717) is 13.0 Å². The van der Waals surface area contributed by atoms with Crippen LogP contribution in [0.4, 0.5) is 13.2 Å². The van der Waals surface area contributed by atoms with Gasteiger partial charge in [0.25, 0.3) is 0 Å². The van der Waals surface area contributed by atoms with Crippen LogP contribution in [0.15, 0.2) is 24.3 Å². The largest absolute Gasteiger partial charge is 0.573 e. The minimum absolute atomic E-state index is 0.0932. The number of ether oxygens (including phenoxy) is 2. The summed E-state index contributed by atoms with van der Waals surface area (Å²) in [6.45, 7) is 0.414. The molecule has 0 aliphatic carbocycles. The molecule has 0 aromatic heterocycles. The van der Waals surface area contributed by atoms with Crippen molar-refractivity contribution in [2.24, 2.45) is 5.84 Å². The van der Waals surface area contributed by atoms with Crippen LogP contribution in [0.2, 0.25) is 0 Å². The molecule has 102 valence electrons. The maximum atomic E-state index is 11.9. The van der Waals surface area contributed by atoms with Crippen molar-refractivity contribution in [3.05, 3.63) is 29.8 Å². The Bertz CT molecular complexity index is 354. The highest BCUT2D eigenvalue weighted by molar-refractivity contribution is 5.27. The van der Waals surface area contributed by atoms with E-state index in [0.717, 1.165) is 5.56 Å². The van der Waals surface area contributed by atoms with Crippen LogP contribution in [0.3, 0.4) is 0 Å². The predicted molar refractivity (Wildman–Crippen MR) is 59.8 cm³/mol. The molecule has 0 aliphatic heterocycles. The lowest BCUT2D eigenvalue weighted by atomic mass is 10.1. The highest BCUT2D eigenvalue weighted by atomic mass is 19.4. The van der Waals surface area contributed by atoms with Crippen LogP contribution < -0.4 is 16.0 Å². The molecule has 0 saturated heterocycles. The highest BCUT2D eigenvalue weighted by Crippen LogP contribution is 2.22. The SMILES string of the molecule is COCC(Cc1ccc(OC(F)(F)F)cc1)NN. The summed E-state index contributed by atoms with van der Waals surface area (Å²) in [5.74, 6) is 5.08. The Hall–Kier alpha value is -1.31. The first-order chi connectivity index (χ1) is 8.44. The third-order valence-electron chi connectivity index (χ3n) is 2.24. The van der Waals surface area contributed by atoms with Crippen LogP contribution in [-0.2, 0) is 11.2 Å². The summed E-state index contributed by atoms with van der Waals surface area (Å²) in [6.07, 6.45) is -4.12. The minimum Gasteiger partial charge on any atom is -0.406 e. The molecule has 0 radical (unpaired) electrons. The van der Waals surface area contributed by atoms with Crippen molar-refractivity contribution in [2.75, 3.05) is 13.7 Å². The van der Waals surface area contributed by atoms with E-state index in [2.05, 4.69) is 10.2 Å². The molecule has 3 N–H and O–H groups in total. The molecule has 0 saturated carbocycles. The van der Waals surface area contributed by atoms with Gasteiger partial charge in [0.05, 0.1) is 6.61 Å². The van der Waals surface area contributed by atoms with Gasteiger partial charge in [-0.3, -0.25) is 11.3 Å². The molecule has 7 heteroatoms. The summed E-state index contributed by atoms with van der Waals surface area (Å²) in [5.41, 5.74) is 3.41. The zero-order valence-electron chi connectivity index (χ0n) is 9.83. The molecule has 4 nitrogen and oxygen atoms in total. The van der Waals surface area contributed by atoms with E-state index < -0.39 is 6.36 Å². The lowest BCUT2D eigenvalue weighted by Gasteiger charge is -2.15. The van der Waals surface area contributed by atoms with Crippen molar-refractivity contribution in [2.45, 2.75) is 18.8 Å². The molecule has 0 bridgehead atoms. The third kappa shape index (κ3) is 5.35. The molecule has 0 heterocycles. The molecule has 18 heavy (non-hydrogen) atoms. The van der Waals surface area contributed by atoms with Gasteiger partial charge in [0.1, 0.15) is 5.75 Å². The van der Waals surface area contributed by atoms with Crippen LogP contribution in [0.5, 0.6) is 5.75 Å². The number of nitrogens with one attached hydrogen (secondary N) is 1. The fourth-order valence-corrected chi connectivity index (χ4v) is 1.48. The first-order valence-corrected chi connectivity index (χ1v) is 5.24. The monoisotopic (exact) mass is 264 g/mol. The number of hydrogen-bond acceptors (Lipinski definition) is 4. The summed E-state index contributed by atoms with van der Waals surface area (Å²) in [7, 11) is 1.55. The van der Waals surface area contributed by atoms with Crippen molar-refractivity contribution >= 4 is 0 Å². The van der Waals surface area contributed by atoms with Gasteiger partial charge < -0.3 is 9.47 Å². The second kappa shape index (κ2) is 6.58. The van der Waals surface area contributed by atoms with Gasteiger partial charge in [-0.15, -0.1) is 13.2 Å². The van der Waals surface area contributed by atoms with Crippen molar-refractivity contribution in [3.8, 4) is 5.75 Å². The van der Waals surface area contributed by atoms with Gasteiger partial charge in [-0.2, -0.15) is 0 Å². The van der Waals surface area contributed by atoms with Gasteiger partial charge in [-0.25, -0.2) is 0 Å². The Morgan fingerprint density at radius 2 is 1.89 bits per heavy atom. The molecule has 0 aliphatic rings. The van der Waals surface area contributed by atoms with E-state index in [1.165, 1.54) is 12.1 Å². The minimum atomic E-state index is -4.67. The lowest BCUT2D eigenvalue weighted by Crippen LogP contribution is -2.40. The smallest absolute Gasteiger partial charge is 0.406 e. The Morgan fingerprint density at radius 3 is 2.33 bits per heavy atom. The summed E-state index contributed by atoms with van der Waals surface area (Å²) < 4.78 is 44.5. The molecule has 0 spiro atoms. The topological polar surface area (TPSA) is 56.5 Å². The summed E-state index contributed by atoms with van der Waals surface area (Å²) in [5, 5.41) is 0. The summed E-state index contributed by atoms with van der Waals surface area (Å²) >= 11 is 0. The second-order valence-electron chi connectivity index (χ2n) is 3.71. The quantitative estimate of drug-likeness (QED) is 0.605. The van der Waals surface area contributed by atoms with Crippen molar-refractivity contribution in [1.82, 2.24) is 5.43 Å². The number of hydrogen-bond donors (Lipinski definition) is 2. The number of methoxy groups -OCH3 is 1. The van der Waals surface area contributed by atoms with Crippen LogP contribution in [0.1, 0.15) is 5.56 Å². The van der Waals surface area contributed by atoms with E-state index >= 15 is 0 Å². The number of halogens is 3. The van der Waals surface area contributed by atoms with Gasteiger partial charge in [0.2, 0.25) is 0 Å². The Balaban J connectivity index is 2.59. The number of hydrazine groups is 1. The average Bonchev–Trinajstić information content (AvgIpc) is 2.29. The lowest BCUT2D eigenvalue weighted by molar-refractivity contribution is -0.274. The molecule has 0 amide bonds. The highest BCUT2D eigenvalue weighted by Gasteiger charge is 2.30. The summed E-state index contributed by atoms with van der Waals surface area (Å²) in [4.78, 5) is 0. The predicted octanol–water partition coefficient (Wildman–Crippen LogP) is 1.61. The number of rotatable bonds is 6. The van der Waals surface area contributed by atoms with E-state index in [9.17, 15) is 13.2 Å². The van der Waals surface area contributed by atoms with Crippen LogP contribution in [0.25, 0.3) is 0 Å². The Morgan fingerprint density at radius 1 is 1.28 bits per heavy atom. The number of nitrogens with two attached hydrogens (primary N) is 1. The molecular weight excluding hydrogens is 249 g/mol. The van der Waals surface area contributed by atoms with Crippen LogP contribution >= 0.6 is 0 Å². The van der Waals surface area contributed by atoms with Gasteiger partial charge in [0.15, 0.2) is 0 Å². The van der Waals surface area contributed by atoms with Crippen LogP contribution in [0, 0.1) is 0 Å². The van der Waals surface area contributed by atoms with Gasteiger partial charge in [0, 0.05) is 13.2 Å². The Labute approximate surface area is 103 Å². The van der Waals surface area contributed by atoms with Gasteiger partial charge in [-0.05, 0) is 24.1 Å². The molecule has 1 unspecified atom stereocenters. The normalized spacial score (nSPS) is 13.4. The van der Waals surface area contributed by atoms with Gasteiger partial charge >= 0.3 is 6.36 Å². The third-order valence-corrected chi connectivity index (χ3v) is 2.24. The van der Waals surface area contributed by atoms with E-state index in [1.807, 2.05) is 0 Å². The maximum Gasteiger partial charge on any atom is 0.573 e. The molecule has 1 rings (SSSR count). The molecule has 1 aromatic carbocycles. The van der Waals surface area contributed by atoms with Gasteiger partial charge in [-0.1, -0.05) is 12.1 Å².